The van der Waals surface area contributed by atoms with Crippen LogP contribution >= 0.6 is 0 Å². The fraction of sp³-hybridized carbons (Fsp3) is 0.211. The summed E-state index contributed by atoms with van der Waals surface area (Å²) in [5.74, 6) is 0.498. The largest absolute Gasteiger partial charge is 0.455 e. The van der Waals surface area contributed by atoms with Crippen LogP contribution in [0.5, 0.6) is 0 Å². The lowest BCUT2D eigenvalue weighted by Gasteiger charge is -2.11. The van der Waals surface area contributed by atoms with E-state index in [0.29, 0.717) is 40.0 Å². The van der Waals surface area contributed by atoms with Crippen LogP contribution in [0.3, 0.4) is 0 Å². The van der Waals surface area contributed by atoms with Gasteiger partial charge in [0, 0.05) is 12.7 Å². The first-order valence-corrected chi connectivity index (χ1v) is 8.07. The summed E-state index contributed by atoms with van der Waals surface area (Å²) in [7, 11) is 0. The Balaban J connectivity index is 2.04. The number of fused-ring (bicyclic) bond motifs is 4. The molecule has 0 radical (unpaired) electrons. The third kappa shape index (κ3) is 1.84. The van der Waals surface area contributed by atoms with Crippen LogP contribution in [0.4, 0.5) is 0 Å². The van der Waals surface area contributed by atoms with Crippen molar-refractivity contribution in [3.63, 3.8) is 0 Å². The molecule has 1 aromatic carbocycles. The van der Waals surface area contributed by atoms with Gasteiger partial charge in [-0.1, -0.05) is 12.1 Å². The molecule has 3 heterocycles. The average Bonchev–Trinajstić information content (AvgIpc) is 3.43. The molecule has 1 fully saturated rings. The summed E-state index contributed by atoms with van der Waals surface area (Å²) in [6.45, 7) is 0.606. The maximum Gasteiger partial charge on any atom is 0.267 e. The van der Waals surface area contributed by atoms with Crippen molar-refractivity contribution >= 4 is 33.0 Å². The van der Waals surface area contributed by atoms with Crippen LogP contribution in [0.2, 0.25) is 0 Å². The minimum atomic E-state index is -0.303. The summed E-state index contributed by atoms with van der Waals surface area (Å²) in [6, 6.07) is 10.7. The van der Waals surface area contributed by atoms with E-state index in [1.54, 1.807) is 35.0 Å². The Morgan fingerprint density at radius 1 is 1.08 bits per heavy atom. The number of hydrogen-bond acceptors (Lipinski definition) is 4. The molecule has 1 aliphatic rings. The van der Waals surface area contributed by atoms with Crippen molar-refractivity contribution in [3.8, 4) is 0 Å². The molecule has 0 bridgehead atoms. The fourth-order valence-electron chi connectivity index (χ4n) is 3.27. The molecule has 1 saturated carbocycles. The molecule has 5 rings (SSSR count). The lowest BCUT2D eigenvalue weighted by Crippen LogP contribution is -2.26. The van der Waals surface area contributed by atoms with E-state index >= 15 is 0 Å². The molecule has 3 aromatic heterocycles. The normalized spacial score (nSPS) is 14.7. The maximum atomic E-state index is 13.0. The molecule has 5 nitrogen and oxygen atoms in total. The summed E-state index contributed by atoms with van der Waals surface area (Å²) in [6.07, 6.45) is 3.90. The summed E-state index contributed by atoms with van der Waals surface area (Å²) in [5.41, 5.74) is 0.827. The molecule has 0 amide bonds. The predicted octanol–water partition coefficient (Wildman–Crippen LogP) is 3.07. The molecule has 1 aliphatic carbocycles. The van der Waals surface area contributed by atoms with Crippen LogP contribution in [-0.2, 0) is 6.54 Å². The molecule has 0 N–H and O–H groups in total. The zero-order valence-corrected chi connectivity index (χ0v) is 12.9. The van der Waals surface area contributed by atoms with Gasteiger partial charge in [-0.05, 0) is 43.0 Å². The Labute approximate surface area is 136 Å². The predicted molar refractivity (Wildman–Crippen MR) is 92.3 cm³/mol. The van der Waals surface area contributed by atoms with E-state index in [1.165, 1.54) is 0 Å². The zero-order valence-electron chi connectivity index (χ0n) is 12.9. The van der Waals surface area contributed by atoms with E-state index in [9.17, 15) is 9.59 Å². The van der Waals surface area contributed by atoms with Gasteiger partial charge in [0.25, 0.3) is 5.56 Å². The maximum absolute atomic E-state index is 13.0. The van der Waals surface area contributed by atoms with Crippen molar-refractivity contribution in [2.45, 2.75) is 19.4 Å². The third-order valence-electron chi connectivity index (χ3n) is 4.68. The van der Waals surface area contributed by atoms with Gasteiger partial charge in [0.05, 0.1) is 10.8 Å². The second kappa shape index (κ2) is 4.77. The van der Waals surface area contributed by atoms with E-state index in [4.69, 9.17) is 4.42 Å². The molecule has 0 saturated heterocycles. The molecule has 0 spiro atoms. The lowest BCUT2D eigenvalue weighted by atomic mass is 10.1. The summed E-state index contributed by atoms with van der Waals surface area (Å²) >= 11 is 0. The van der Waals surface area contributed by atoms with Crippen molar-refractivity contribution < 1.29 is 4.42 Å². The van der Waals surface area contributed by atoms with Gasteiger partial charge in [0.1, 0.15) is 16.6 Å². The van der Waals surface area contributed by atoms with E-state index in [0.717, 1.165) is 12.8 Å². The average molecular weight is 318 g/mol. The number of hydrogen-bond donors (Lipinski definition) is 0. The van der Waals surface area contributed by atoms with E-state index in [-0.39, 0.29) is 16.4 Å². The van der Waals surface area contributed by atoms with Crippen LogP contribution in [0.25, 0.3) is 33.0 Å². The van der Waals surface area contributed by atoms with Crippen molar-refractivity contribution in [1.82, 2.24) is 9.55 Å². The highest BCUT2D eigenvalue weighted by Gasteiger charge is 2.25. The van der Waals surface area contributed by atoms with Gasteiger partial charge in [-0.15, -0.1) is 0 Å². The van der Waals surface area contributed by atoms with Gasteiger partial charge < -0.3 is 4.42 Å². The number of aromatic nitrogens is 2. The Morgan fingerprint density at radius 2 is 1.88 bits per heavy atom. The van der Waals surface area contributed by atoms with E-state index < -0.39 is 0 Å². The Morgan fingerprint density at radius 3 is 2.71 bits per heavy atom. The topological polar surface area (TPSA) is 65.1 Å². The highest BCUT2D eigenvalue weighted by molar-refractivity contribution is 6.03. The standard InChI is InChI=1S/C19H14N2O3/c22-16-12-4-1-2-6-14(12)24-17-13-5-3-9-20-18(13)21(10-11-7-8-11)19(23)15(16)17/h1-6,9,11H,7-8,10H2. The summed E-state index contributed by atoms with van der Waals surface area (Å²) in [5, 5.41) is 1.26. The number of pyridine rings is 2. The zero-order chi connectivity index (χ0) is 16.3. The van der Waals surface area contributed by atoms with Gasteiger partial charge in [-0.25, -0.2) is 4.98 Å². The van der Waals surface area contributed by atoms with Gasteiger partial charge >= 0.3 is 0 Å². The van der Waals surface area contributed by atoms with Crippen LogP contribution < -0.4 is 11.0 Å². The second-order valence-corrected chi connectivity index (χ2v) is 6.37. The van der Waals surface area contributed by atoms with Gasteiger partial charge in [0.15, 0.2) is 5.58 Å². The summed E-state index contributed by atoms with van der Waals surface area (Å²) < 4.78 is 7.58. The van der Waals surface area contributed by atoms with Crippen molar-refractivity contribution in [2.75, 3.05) is 0 Å². The van der Waals surface area contributed by atoms with Gasteiger partial charge in [-0.2, -0.15) is 0 Å². The lowest BCUT2D eigenvalue weighted by molar-refractivity contribution is 0.619. The minimum Gasteiger partial charge on any atom is -0.455 e. The smallest absolute Gasteiger partial charge is 0.267 e. The first-order valence-electron chi connectivity index (χ1n) is 8.07. The summed E-state index contributed by atoms with van der Waals surface area (Å²) in [4.78, 5) is 30.3. The van der Waals surface area contributed by atoms with Crippen LogP contribution in [0, 0.1) is 5.92 Å². The molecule has 5 heteroatoms. The van der Waals surface area contributed by atoms with Crippen LogP contribution in [0.1, 0.15) is 12.8 Å². The molecule has 118 valence electrons. The first kappa shape index (κ1) is 13.5. The molecule has 0 atom stereocenters. The third-order valence-corrected chi connectivity index (χ3v) is 4.68. The fourth-order valence-corrected chi connectivity index (χ4v) is 3.27. The van der Waals surface area contributed by atoms with Crippen molar-refractivity contribution in [1.29, 1.82) is 0 Å². The SMILES string of the molecule is O=c1c2ccccc2oc2c1c(=O)n(CC1CC1)c1ncccc21. The number of para-hydroxylation sites is 1. The Hall–Kier alpha value is -2.95. The van der Waals surface area contributed by atoms with Gasteiger partial charge in [-0.3, -0.25) is 14.2 Å². The Kier molecular flexibility index (Phi) is 2.68. The number of benzene rings is 1. The van der Waals surface area contributed by atoms with E-state index in [1.807, 2.05) is 12.1 Å². The van der Waals surface area contributed by atoms with Crippen LogP contribution in [0.15, 0.2) is 56.6 Å². The molecule has 0 aliphatic heterocycles. The molecule has 4 aromatic rings. The highest BCUT2D eigenvalue weighted by atomic mass is 16.3. The van der Waals surface area contributed by atoms with Crippen molar-refractivity contribution in [3.05, 3.63) is 63.2 Å². The van der Waals surface area contributed by atoms with Gasteiger partial charge in [0.2, 0.25) is 5.43 Å². The molecular formula is C19H14N2O3. The van der Waals surface area contributed by atoms with E-state index in [2.05, 4.69) is 4.98 Å². The first-order chi connectivity index (χ1) is 11.7. The second-order valence-electron chi connectivity index (χ2n) is 6.37. The molecular weight excluding hydrogens is 304 g/mol. The quantitative estimate of drug-likeness (QED) is 0.421. The molecule has 0 unspecified atom stereocenters. The molecule has 24 heavy (non-hydrogen) atoms. The Bertz CT molecular complexity index is 1230. The highest BCUT2D eigenvalue weighted by Crippen LogP contribution is 2.32. The monoisotopic (exact) mass is 318 g/mol. The van der Waals surface area contributed by atoms with Crippen molar-refractivity contribution in [2.24, 2.45) is 5.92 Å². The number of rotatable bonds is 2. The van der Waals surface area contributed by atoms with Crippen LogP contribution in [-0.4, -0.2) is 9.55 Å². The number of nitrogens with zero attached hydrogens (tertiary/aromatic N) is 2. The minimum absolute atomic E-state index is 0.120.